The fourth-order valence-corrected chi connectivity index (χ4v) is 1.77. The SMILES string of the molecule is NCCNc1ccnc2c(C(F)(F)F)cccc12. The molecule has 1 heterocycles. The van der Waals surface area contributed by atoms with Gasteiger partial charge in [-0.05, 0) is 12.1 Å². The minimum absolute atomic E-state index is 0.0491. The van der Waals surface area contributed by atoms with Crippen molar-refractivity contribution in [3.63, 3.8) is 0 Å². The van der Waals surface area contributed by atoms with Crippen LogP contribution in [-0.2, 0) is 6.18 Å². The van der Waals surface area contributed by atoms with E-state index in [4.69, 9.17) is 5.73 Å². The number of hydrogen-bond donors (Lipinski definition) is 2. The summed E-state index contributed by atoms with van der Waals surface area (Å²) in [4.78, 5) is 3.83. The molecule has 0 fully saturated rings. The van der Waals surface area contributed by atoms with E-state index in [2.05, 4.69) is 10.3 Å². The number of nitrogens with two attached hydrogens (primary N) is 1. The number of aromatic nitrogens is 1. The van der Waals surface area contributed by atoms with Gasteiger partial charge in [-0.25, -0.2) is 0 Å². The highest BCUT2D eigenvalue weighted by Gasteiger charge is 2.33. The number of para-hydroxylation sites is 1. The monoisotopic (exact) mass is 255 g/mol. The van der Waals surface area contributed by atoms with Crippen molar-refractivity contribution in [2.75, 3.05) is 18.4 Å². The zero-order chi connectivity index (χ0) is 13.2. The summed E-state index contributed by atoms with van der Waals surface area (Å²) in [5.74, 6) is 0. The second-order valence-corrected chi connectivity index (χ2v) is 3.77. The highest BCUT2D eigenvalue weighted by Crippen LogP contribution is 2.35. The number of benzene rings is 1. The lowest BCUT2D eigenvalue weighted by Crippen LogP contribution is -2.13. The Hall–Kier alpha value is -1.82. The molecule has 0 amide bonds. The molecule has 0 aliphatic rings. The van der Waals surface area contributed by atoms with Gasteiger partial charge in [0.1, 0.15) is 0 Å². The van der Waals surface area contributed by atoms with Crippen LogP contribution < -0.4 is 11.1 Å². The Kier molecular flexibility index (Phi) is 3.38. The van der Waals surface area contributed by atoms with Crippen molar-refractivity contribution in [3.8, 4) is 0 Å². The van der Waals surface area contributed by atoms with Gasteiger partial charge < -0.3 is 11.1 Å². The fraction of sp³-hybridized carbons (Fsp3) is 0.250. The summed E-state index contributed by atoms with van der Waals surface area (Å²) >= 11 is 0. The Bertz CT molecular complexity index is 552. The molecular formula is C12H12F3N3. The number of hydrogen-bond acceptors (Lipinski definition) is 3. The van der Waals surface area contributed by atoms with E-state index < -0.39 is 11.7 Å². The molecule has 0 bridgehead atoms. The zero-order valence-electron chi connectivity index (χ0n) is 9.46. The molecule has 0 atom stereocenters. The van der Waals surface area contributed by atoms with Gasteiger partial charge in [0.15, 0.2) is 0 Å². The van der Waals surface area contributed by atoms with Gasteiger partial charge in [0.05, 0.1) is 11.1 Å². The number of rotatable bonds is 3. The first-order chi connectivity index (χ1) is 8.54. The lowest BCUT2D eigenvalue weighted by Gasteiger charge is -2.12. The topological polar surface area (TPSA) is 50.9 Å². The van der Waals surface area contributed by atoms with Crippen LogP contribution in [0, 0.1) is 0 Å². The van der Waals surface area contributed by atoms with Crippen molar-refractivity contribution >= 4 is 16.6 Å². The molecule has 0 radical (unpaired) electrons. The first-order valence-electron chi connectivity index (χ1n) is 5.43. The summed E-state index contributed by atoms with van der Waals surface area (Å²) < 4.78 is 38.5. The van der Waals surface area contributed by atoms with Crippen molar-refractivity contribution in [2.24, 2.45) is 5.73 Å². The van der Waals surface area contributed by atoms with E-state index in [0.29, 0.717) is 24.2 Å². The van der Waals surface area contributed by atoms with E-state index in [1.54, 1.807) is 12.1 Å². The summed E-state index contributed by atoms with van der Waals surface area (Å²) in [6, 6.07) is 5.65. The summed E-state index contributed by atoms with van der Waals surface area (Å²) in [6.07, 6.45) is -3.05. The Balaban J connectivity index is 2.58. The summed E-state index contributed by atoms with van der Waals surface area (Å²) in [5.41, 5.74) is 5.19. The quantitative estimate of drug-likeness (QED) is 0.886. The highest BCUT2D eigenvalue weighted by molar-refractivity contribution is 5.93. The average molecular weight is 255 g/mol. The van der Waals surface area contributed by atoms with Gasteiger partial charge in [-0.3, -0.25) is 4.98 Å². The number of pyridine rings is 1. The van der Waals surface area contributed by atoms with E-state index in [-0.39, 0.29) is 5.52 Å². The van der Waals surface area contributed by atoms with Crippen LogP contribution in [0.1, 0.15) is 5.56 Å². The molecule has 0 saturated heterocycles. The van der Waals surface area contributed by atoms with E-state index in [0.717, 1.165) is 6.07 Å². The normalized spacial score (nSPS) is 11.8. The molecule has 1 aromatic heterocycles. The Labute approximate surface area is 102 Å². The van der Waals surface area contributed by atoms with Crippen molar-refractivity contribution in [1.82, 2.24) is 4.98 Å². The number of halogens is 3. The smallest absolute Gasteiger partial charge is 0.383 e. The van der Waals surface area contributed by atoms with E-state index in [1.807, 2.05) is 0 Å². The third-order valence-electron chi connectivity index (χ3n) is 2.54. The van der Waals surface area contributed by atoms with Gasteiger partial charge >= 0.3 is 6.18 Å². The second kappa shape index (κ2) is 4.81. The van der Waals surface area contributed by atoms with Gasteiger partial charge in [0.25, 0.3) is 0 Å². The van der Waals surface area contributed by atoms with Gasteiger partial charge in [0.2, 0.25) is 0 Å². The lowest BCUT2D eigenvalue weighted by atomic mass is 10.1. The van der Waals surface area contributed by atoms with Gasteiger partial charge in [-0.2, -0.15) is 13.2 Å². The zero-order valence-corrected chi connectivity index (χ0v) is 9.46. The van der Waals surface area contributed by atoms with Crippen molar-refractivity contribution < 1.29 is 13.2 Å². The van der Waals surface area contributed by atoms with Crippen molar-refractivity contribution in [1.29, 1.82) is 0 Å². The molecule has 6 heteroatoms. The third-order valence-corrected chi connectivity index (χ3v) is 2.54. The maximum atomic E-state index is 12.8. The van der Waals surface area contributed by atoms with E-state index >= 15 is 0 Å². The Morgan fingerprint density at radius 2 is 2.00 bits per heavy atom. The second-order valence-electron chi connectivity index (χ2n) is 3.77. The Morgan fingerprint density at radius 1 is 1.22 bits per heavy atom. The predicted octanol–water partition coefficient (Wildman–Crippen LogP) is 2.62. The third kappa shape index (κ3) is 2.38. The number of nitrogens with zero attached hydrogens (tertiary/aromatic N) is 1. The van der Waals surface area contributed by atoms with Crippen LogP contribution in [-0.4, -0.2) is 18.1 Å². The minimum atomic E-state index is -4.40. The number of nitrogens with one attached hydrogen (secondary N) is 1. The van der Waals surface area contributed by atoms with E-state index in [9.17, 15) is 13.2 Å². The molecule has 18 heavy (non-hydrogen) atoms. The van der Waals surface area contributed by atoms with E-state index in [1.165, 1.54) is 12.3 Å². The lowest BCUT2D eigenvalue weighted by molar-refractivity contribution is -0.136. The highest BCUT2D eigenvalue weighted by atomic mass is 19.4. The van der Waals surface area contributed by atoms with Crippen LogP contribution in [0.25, 0.3) is 10.9 Å². The molecule has 0 aliphatic carbocycles. The van der Waals surface area contributed by atoms with Crippen LogP contribution in [0.2, 0.25) is 0 Å². The van der Waals surface area contributed by atoms with Crippen LogP contribution >= 0.6 is 0 Å². The first kappa shape index (κ1) is 12.6. The summed E-state index contributed by atoms with van der Waals surface area (Å²) in [7, 11) is 0. The average Bonchev–Trinajstić information content (AvgIpc) is 2.34. The van der Waals surface area contributed by atoms with Gasteiger partial charge in [-0.15, -0.1) is 0 Å². The maximum absolute atomic E-state index is 12.8. The minimum Gasteiger partial charge on any atom is -0.383 e. The first-order valence-corrected chi connectivity index (χ1v) is 5.43. The van der Waals surface area contributed by atoms with Crippen molar-refractivity contribution in [2.45, 2.75) is 6.18 Å². The standard InChI is InChI=1S/C12H12F3N3/c13-12(14,15)9-3-1-2-8-10(17-7-5-16)4-6-18-11(8)9/h1-4,6H,5,7,16H2,(H,17,18). The fourth-order valence-electron chi connectivity index (χ4n) is 1.77. The molecule has 2 aromatic rings. The van der Waals surface area contributed by atoms with Gasteiger partial charge in [-0.1, -0.05) is 12.1 Å². The van der Waals surface area contributed by atoms with Gasteiger partial charge in [0, 0.05) is 30.4 Å². The molecule has 0 saturated carbocycles. The maximum Gasteiger partial charge on any atom is 0.418 e. The molecule has 1 aromatic carbocycles. The number of anilines is 1. The molecule has 96 valence electrons. The van der Waals surface area contributed by atoms with Crippen LogP contribution in [0.15, 0.2) is 30.5 Å². The van der Waals surface area contributed by atoms with Crippen molar-refractivity contribution in [3.05, 3.63) is 36.0 Å². The summed E-state index contributed by atoms with van der Waals surface area (Å²) in [5, 5.41) is 3.43. The van der Waals surface area contributed by atoms with Crippen LogP contribution in [0.3, 0.4) is 0 Å². The molecule has 3 N–H and O–H groups in total. The van der Waals surface area contributed by atoms with Crippen LogP contribution in [0.5, 0.6) is 0 Å². The number of alkyl halides is 3. The molecule has 2 rings (SSSR count). The Morgan fingerprint density at radius 3 is 2.67 bits per heavy atom. The molecule has 0 unspecified atom stereocenters. The number of fused-ring (bicyclic) bond motifs is 1. The van der Waals surface area contributed by atoms with Crippen LogP contribution in [0.4, 0.5) is 18.9 Å². The molecular weight excluding hydrogens is 243 g/mol. The molecule has 0 spiro atoms. The predicted molar refractivity (Wildman–Crippen MR) is 64.3 cm³/mol. The molecule has 0 aliphatic heterocycles. The molecule has 3 nitrogen and oxygen atoms in total. The summed E-state index contributed by atoms with van der Waals surface area (Å²) in [6.45, 7) is 0.901. The largest absolute Gasteiger partial charge is 0.418 e.